The quantitative estimate of drug-likeness (QED) is 0.738. The standard InChI is InChI=1S/C17H18F3NO4S2/c1-12(2)21(14-8-6-7-13(11-14)17(18,19)20)27(24,25)16-10-5-4-9-15(16)26(3,22)23/h4-12H,1-3H3. The van der Waals surface area contributed by atoms with Crippen molar-refractivity contribution < 1.29 is 30.0 Å². The first kappa shape index (κ1) is 21.2. The Morgan fingerprint density at radius 1 is 0.889 bits per heavy atom. The second-order valence-electron chi connectivity index (χ2n) is 6.16. The number of rotatable bonds is 5. The molecule has 27 heavy (non-hydrogen) atoms. The number of nitrogens with zero attached hydrogens (tertiary/aromatic N) is 1. The van der Waals surface area contributed by atoms with Crippen molar-refractivity contribution in [2.75, 3.05) is 10.6 Å². The lowest BCUT2D eigenvalue weighted by molar-refractivity contribution is -0.137. The van der Waals surface area contributed by atoms with Gasteiger partial charge >= 0.3 is 6.18 Å². The van der Waals surface area contributed by atoms with Crippen LogP contribution in [0.3, 0.4) is 0 Å². The monoisotopic (exact) mass is 421 g/mol. The Balaban J connectivity index is 2.72. The smallest absolute Gasteiger partial charge is 0.264 e. The molecule has 2 aromatic rings. The van der Waals surface area contributed by atoms with Crippen molar-refractivity contribution in [2.24, 2.45) is 0 Å². The van der Waals surface area contributed by atoms with E-state index in [1.165, 1.54) is 32.0 Å². The fourth-order valence-corrected chi connectivity index (χ4v) is 5.87. The molecule has 0 bridgehead atoms. The molecule has 10 heteroatoms. The van der Waals surface area contributed by atoms with Crippen molar-refractivity contribution >= 4 is 25.5 Å². The topological polar surface area (TPSA) is 71.5 Å². The van der Waals surface area contributed by atoms with Crippen LogP contribution in [0, 0.1) is 0 Å². The number of alkyl halides is 3. The normalized spacial score (nSPS) is 13.0. The average molecular weight is 421 g/mol. The number of hydrogen-bond donors (Lipinski definition) is 0. The molecule has 0 spiro atoms. The van der Waals surface area contributed by atoms with E-state index in [9.17, 15) is 30.0 Å². The fraction of sp³-hybridized carbons (Fsp3) is 0.294. The van der Waals surface area contributed by atoms with Gasteiger partial charge in [-0.15, -0.1) is 0 Å². The number of hydrogen-bond acceptors (Lipinski definition) is 4. The van der Waals surface area contributed by atoms with Crippen LogP contribution in [0.2, 0.25) is 0 Å². The van der Waals surface area contributed by atoms with Crippen LogP contribution in [0.15, 0.2) is 58.3 Å². The van der Waals surface area contributed by atoms with Gasteiger partial charge in [0.15, 0.2) is 9.84 Å². The molecule has 2 rings (SSSR count). The summed E-state index contributed by atoms with van der Waals surface area (Å²) in [6.45, 7) is 2.97. The Hall–Kier alpha value is -2.07. The summed E-state index contributed by atoms with van der Waals surface area (Å²) >= 11 is 0. The number of benzene rings is 2. The average Bonchev–Trinajstić information content (AvgIpc) is 2.53. The van der Waals surface area contributed by atoms with Gasteiger partial charge in [0.2, 0.25) is 0 Å². The Bertz CT molecular complexity index is 1050. The zero-order valence-electron chi connectivity index (χ0n) is 14.7. The lowest BCUT2D eigenvalue weighted by atomic mass is 10.2. The molecule has 0 saturated heterocycles. The first-order valence-electron chi connectivity index (χ1n) is 7.77. The van der Waals surface area contributed by atoms with Crippen molar-refractivity contribution in [2.45, 2.75) is 35.9 Å². The molecule has 0 atom stereocenters. The van der Waals surface area contributed by atoms with Crippen LogP contribution in [-0.2, 0) is 26.0 Å². The zero-order valence-corrected chi connectivity index (χ0v) is 16.4. The lowest BCUT2D eigenvalue weighted by Gasteiger charge is -2.29. The SMILES string of the molecule is CC(C)N(c1cccc(C(F)(F)F)c1)S(=O)(=O)c1ccccc1S(C)(=O)=O. The summed E-state index contributed by atoms with van der Waals surface area (Å²) in [6.07, 6.45) is -3.78. The van der Waals surface area contributed by atoms with Crippen LogP contribution in [0.4, 0.5) is 18.9 Å². The minimum absolute atomic E-state index is 0.205. The highest BCUT2D eigenvalue weighted by molar-refractivity contribution is 7.95. The van der Waals surface area contributed by atoms with E-state index in [1.54, 1.807) is 0 Å². The van der Waals surface area contributed by atoms with E-state index in [2.05, 4.69) is 0 Å². The molecule has 0 radical (unpaired) electrons. The van der Waals surface area contributed by atoms with E-state index in [0.29, 0.717) is 0 Å². The number of anilines is 1. The van der Waals surface area contributed by atoms with Crippen molar-refractivity contribution in [3.8, 4) is 0 Å². The van der Waals surface area contributed by atoms with Gasteiger partial charge in [-0.25, -0.2) is 16.8 Å². The molecule has 0 aliphatic rings. The third-order valence-electron chi connectivity index (χ3n) is 3.68. The molecule has 0 aliphatic carbocycles. The van der Waals surface area contributed by atoms with E-state index in [1.807, 2.05) is 0 Å². The summed E-state index contributed by atoms with van der Waals surface area (Å²) in [6, 6.07) is 8.12. The molecule has 0 unspecified atom stereocenters. The maximum atomic E-state index is 13.2. The minimum atomic E-state index is -4.65. The van der Waals surface area contributed by atoms with E-state index in [-0.39, 0.29) is 5.69 Å². The van der Waals surface area contributed by atoms with Crippen molar-refractivity contribution in [3.63, 3.8) is 0 Å². The Labute approximate surface area is 156 Å². The summed E-state index contributed by atoms with van der Waals surface area (Å²) < 4.78 is 90.2. The Morgan fingerprint density at radius 3 is 1.93 bits per heavy atom. The van der Waals surface area contributed by atoms with E-state index in [0.717, 1.165) is 40.9 Å². The summed E-state index contributed by atoms with van der Waals surface area (Å²) in [7, 11) is -8.32. The molecule has 0 aromatic heterocycles. The third-order valence-corrected chi connectivity index (χ3v) is 7.03. The van der Waals surface area contributed by atoms with Crippen molar-refractivity contribution in [3.05, 3.63) is 54.1 Å². The van der Waals surface area contributed by atoms with Crippen LogP contribution < -0.4 is 4.31 Å². The van der Waals surface area contributed by atoms with Gasteiger partial charge in [-0.1, -0.05) is 18.2 Å². The zero-order chi connectivity index (χ0) is 20.6. The lowest BCUT2D eigenvalue weighted by Crippen LogP contribution is -2.37. The predicted molar refractivity (Wildman–Crippen MR) is 95.8 cm³/mol. The third kappa shape index (κ3) is 4.44. The first-order valence-corrected chi connectivity index (χ1v) is 11.1. The molecule has 2 aromatic carbocycles. The molecule has 5 nitrogen and oxygen atoms in total. The van der Waals surface area contributed by atoms with Gasteiger partial charge in [0, 0.05) is 12.3 Å². The van der Waals surface area contributed by atoms with Crippen LogP contribution in [0.1, 0.15) is 19.4 Å². The molecule has 0 aliphatic heterocycles. The van der Waals surface area contributed by atoms with Gasteiger partial charge in [0.1, 0.15) is 4.90 Å². The molecule has 0 saturated carbocycles. The number of sulfone groups is 1. The highest BCUT2D eigenvalue weighted by Gasteiger charge is 2.35. The van der Waals surface area contributed by atoms with E-state index < -0.39 is 47.4 Å². The summed E-state index contributed by atoms with van der Waals surface area (Å²) in [5, 5.41) is 0. The van der Waals surface area contributed by atoms with Crippen LogP contribution in [-0.4, -0.2) is 29.1 Å². The van der Waals surface area contributed by atoms with Crippen LogP contribution in [0.25, 0.3) is 0 Å². The van der Waals surface area contributed by atoms with Gasteiger partial charge in [0.05, 0.1) is 16.1 Å². The van der Waals surface area contributed by atoms with Gasteiger partial charge in [0.25, 0.3) is 10.0 Å². The fourth-order valence-electron chi connectivity index (χ4n) is 2.61. The maximum absolute atomic E-state index is 13.2. The number of sulfonamides is 1. The molecule has 0 N–H and O–H groups in total. The molecular formula is C17H18F3NO4S2. The minimum Gasteiger partial charge on any atom is -0.264 e. The van der Waals surface area contributed by atoms with Crippen molar-refractivity contribution in [1.82, 2.24) is 0 Å². The van der Waals surface area contributed by atoms with Crippen LogP contribution in [0.5, 0.6) is 0 Å². The molecule has 0 fully saturated rings. The highest BCUT2D eigenvalue weighted by atomic mass is 32.2. The Morgan fingerprint density at radius 2 is 1.44 bits per heavy atom. The molecule has 148 valence electrons. The van der Waals surface area contributed by atoms with Crippen molar-refractivity contribution in [1.29, 1.82) is 0 Å². The maximum Gasteiger partial charge on any atom is 0.416 e. The second-order valence-corrected chi connectivity index (χ2v) is 9.93. The van der Waals surface area contributed by atoms with E-state index in [4.69, 9.17) is 0 Å². The summed E-state index contributed by atoms with van der Waals surface area (Å²) in [5.41, 5.74) is -1.21. The van der Waals surface area contributed by atoms with E-state index >= 15 is 0 Å². The van der Waals surface area contributed by atoms with Gasteiger partial charge < -0.3 is 0 Å². The highest BCUT2D eigenvalue weighted by Crippen LogP contribution is 2.35. The van der Waals surface area contributed by atoms with Crippen LogP contribution >= 0.6 is 0 Å². The summed E-state index contributed by atoms with van der Waals surface area (Å²) in [5.74, 6) is 0. The van der Waals surface area contributed by atoms with Gasteiger partial charge in [-0.2, -0.15) is 13.2 Å². The molecule has 0 amide bonds. The van der Waals surface area contributed by atoms with Gasteiger partial charge in [-0.05, 0) is 44.2 Å². The number of halogens is 3. The summed E-state index contributed by atoms with van der Waals surface area (Å²) in [4.78, 5) is -0.902. The molecular weight excluding hydrogens is 403 g/mol. The second kappa shape index (κ2) is 7.16. The van der Waals surface area contributed by atoms with Gasteiger partial charge in [-0.3, -0.25) is 4.31 Å². The molecule has 0 heterocycles. The Kier molecular flexibility index (Phi) is 5.63. The predicted octanol–water partition coefficient (Wildman–Crippen LogP) is 3.71. The first-order chi connectivity index (χ1) is 12.3. The largest absolute Gasteiger partial charge is 0.416 e.